The first kappa shape index (κ1) is 23.9. The topological polar surface area (TPSA) is 69.3 Å². The van der Waals surface area contributed by atoms with E-state index >= 15 is 0 Å². The Hall–Kier alpha value is -3.26. The number of carbonyl (C=O) groups excluding carboxylic acids is 1. The minimum absolute atomic E-state index is 0.175. The lowest BCUT2D eigenvalue weighted by Gasteiger charge is -2.22. The molecule has 0 unspecified atom stereocenters. The molecule has 1 heterocycles. The average molecular weight is 483 g/mol. The number of nitrogens with one attached hydrogen (secondary N) is 1. The molecular weight excluding hydrogens is 456 g/mol. The van der Waals surface area contributed by atoms with Gasteiger partial charge in [0.2, 0.25) is 5.91 Å². The minimum atomic E-state index is -0.181. The van der Waals surface area contributed by atoms with Gasteiger partial charge in [0.05, 0.1) is 32.6 Å². The molecular formula is C26H27ClN2O5. The molecule has 0 radical (unpaired) electrons. The number of carbonyl (C=O) groups is 1. The number of benzene rings is 3. The molecule has 0 aliphatic carbocycles. The first-order chi connectivity index (χ1) is 16.6. The highest BCUT2D eigenvalue weighted by molar-refractivity contribution is 6.31. The van der Waals surface area contributed by atoms with Crippen molar-refractivity contribution in [1.29, 1.82) is 0 Å². The number of hydrogen-bond acceptors (Lipinski definition) is 6. The summed E-state index contributed by atoms with van der Waals surface area (Å²) in [6.45, 7) is 2.60. The molecule has 4 rings (SSSR count). The molecule has 1 aliphatic rings. The summed E-state index contributed by atoms with van der Waals surface area (Å²) in [5, 5.41) is 3.44. The van der Waals surface area contributed by atoms with Crippen LogP contribution in [0.1, 0.15) is 5.56 Å². The molecule has 0 saturated heterocycles. The maximum absolute atomic E-state index is 13.0. The van der Waals surface area contributed by atoms with Crippen molar-refractivity contribution in [2.75, 3.05) is 45.3 Å². The molecule has 1 aliphatic heterocycles. The fourth-order valence-electron chi connectivity index (χ4n) is 3.56. The summed E-state index contributed by atoms with van der Waals surface area (Å²) in [7, 11) is 1.64. The fourth-order valence-corrected chi connectivity index (χ4v) is 3.74. The highest BCUT2D eigenvalue weighted by Crippen LogP contribution is 2.36. The van der Waals surface area contributed by atoms with Gasteiger partial charge in [0.15, 0.2) is 17.2 Å². The molecule has 0 saturated carbocycles. The van der Waals surface area contributed by atoms with E-state index in [0.717, 1.165) is 11.3 Å². The Morgan fingerprint density at radius 1 is 0.971 bits per heavy atom. The first-order valence-electron chi connectivity index (χ1n) is 11.0. The molecule has 0 bridgehead atoms. The van der Waals surface area contributed by atoms with E-state index in [1.807, 2.05) is 53.4 Å². The van der Waals surface area contributed by atoms with Gasteiger partial charge >= 0.3 is 0 Å². The Morgan fingerprint density at radius 3 is 2.56 bits per heavy atom. The van der Waals surface area contributed by atoms with Crippen LogP contribution in [0.4, 0.5) is 5.69 Å². The van der Waals surface area contributed by atoms with Gasteiger partial charge in [-0.3, -0.25) is 9.69 Å². The zero-order chi connectivity index (χ0) is 23.8. The lowest BCUT2D eigenvalue weighted by Crippen LogP contribution is -2.35. The molecule has 0 aromatic heterocycles. The third-order valence-corrected chi connectivity index (χ3v) is 5.49. The van der Waals surface area contributed by atoms with Gasteiger partial charge in [0, 0.05) is 18.1 Å². The number of anilines is 1. The Morgan fingerprint density at radius 2 is 1.76 bits per heavy atom. The van der Waals surface area contributed by atoms with E-state index < -0.39 is 0 Å². The standard InChI is InChI=1S/C26H27ClN2O5/c1-31-21-9-6-19(7-10-21)17-29-12-13-32-14-15-33-24-4-2-3-5-25(24)34-23-11-8-20(27)16-22(23)28-26(30)18-29/h2-11,16H,12-15,17-18H2,1H3,(H,28,30). The molecule has 0 spiro atoms. The van der Waals surface area contributed by atoms with Gasteiger partial charge in [-0.25, -0.2) is 0 Å². The Balaban J connectivity index is 1.55. The third-order valence-electron chi connectivity index (χ3n) is 5.25. The van der Waals surface area contributed by atoms with Gasteiger partial charge in [0.1, 0.15) is 12.4 Å². The molecule has 3 aromatic carbocycles. The van der Waals surface area contributed by atoms with Crippen LogP contribution in [0, 0.1) is 0 Å². The summed E-state index contributed by atoms with van der Waals surface area (Å²) in [6, 6.07) is 20.3. The highest BCUT2D eigenvalue weighted by atomic mass is 35.5. The number of methoxy groups -OCH3 is 1. The maximum atomic E-state index is 13.0. The monoisotopic (exact) mass is 482 g/mol. The van der Waals surface area contributed by atoms with Crippen molar-refractivity contribution in [3.8, 4) is 23.0 Å². The first-order valence-corrected chi connectivity index (χ1v) is 11.4. The quantitative estimate of drug-likeness (QED) is 0.567. The van der Waals surface area contributed by atoms with Gasteiger partial charge < -0.3 is 24.3 Å². The Bertz CT molecular complexity index is 1110. The zero-order valence-corrected chi connectivity index (χ0v) is 19.7. The van der Waals surface area contributed by atoms with E-state index in [1.54, 1.807) is 25.3 Å². The number of halogens is 1. The van der Waals surface area contributed by atoms with Crippen molar-refractivity contribution in [3.63, 3.8) is 0 Å². The second-order valence-corrected chi connectivity index (χ2v) is 8.19. The van der Waals surface area contributed by atoms with Crippen LogP contribution in [0.2, 0.25) is 5.02 Å². The Labute approximate surface area is 204 Å². The molecule has 0 fully saturated rings. The Kier molecular flexibility index (Phi) is 8.25. The maximum Gasteiger partial charge on any atom is 0.238 e. The van der Waals surface area contributed by atoms with E-state index in [9.17, 15) is 4.79 Å². The number of ether oxygens (including phenoxy) is 4. The van der Waals surface area contributed by atoms with Crippen molar-refractivity contribution in [2.45, 2.75) is 6.54 Å². The van der Waals surface area contributed by atoms with E-state index in [2.05, 4.69) is 5.32 Å². The van der Waals surface area contributed by atoms with Crippen molar-refractivity contribution >= 4 is 23.2 Å². The van der Waals surface area contributed by atoms with E-state index in [1.165, 1.54) is 0 Å². The average Bonchev–Trinajstić information content (AvgIpc) is 2.84. The predicted molar refractivity (Wildman–Crippen MR) is 131 cm³/mol. The van der Waals surface area contributed by atoms with Crippen LogP contribution in [0.25, 0.3) is 0 Å². The van der Waals surface area contributed by atoms with Gasteiger partial charge in [-0.05, 0) is 48.0 Å². The van der Waals surface area contributed by atoms with E-state index in [4.69, 9.17) is 30.5 Å². The fraction of sp³-hybridized carbons (Fsp3) is 0.269. The molecule has 8 heteroatoms. The van der Waals surface area contributed by atoms with Crippen molar-refractivity contribution < 1.29 is 23.7 Å². The van der Waals surface area contributed by atoms with Crippen molar-refractivity contribution in [3.05, 3.63) is 77.3 Å². The molecule has 7 nitrogen and oxygen atoms in total. The summed E-state index contributed by atoms with van der Waals surface area (Å²) >= 11 is 6.21. The normalized spacial score (nSPS) is 15.4. The molecule has 1 N–H and O–H groups in total. The molecule has 178 valence electrons. The predicted octanol–water partition coefficient (Wildman–Crippen LogP) is 4.99. The SMILES string of the molecule is COc1ccc(CN2CCOCCOc3ccccc3Oc3ccc(Cl)cc3NC(=O)C2)cc1. The number of nitrogens with zero attached hydrogens (tertiary/aromatic N) is 1. The summed E-state index contributed by atoms with van der Waals surface area (Å²) < 4.78 is 23.0. The highest BCUT2D eigenvalue weighted by Gasteiger charge is 2.16. The van der Waals surface area contributed by atoms with Crippen LogP contribution < -0.4 is 19.5 Å². The zero-order valence-electron chi connectivity index (χ0n) is 19.0. The van der Waals surface area contributed by atoms with Crippen LogP contribution in [0.3, 0.4) is 0 Å². The number of hydrogen-bond donors (Lipinski definition) is 1. The summed E-state index contributed by atoms with van der Waals surface area (Å²) in [6.07, 6.45) is 0. The number of fused-ring (bicyclic) bond motifs is 2. The number of rotatable bonds is 3. The van der Waals surface area contributed by atoms with Gasteiger partial charge in [-0.15, -0.1) is 0 Å². The summed E-state index contributed by atoms with van der Waals surface area (Å²) in [4.78, 5) is 15.0. The van der Waals surface area contributed by atoms with Crippen LogP contribution in [-0.2, 0) is 16.1 Å². The largest absolute Gasteiger partial charge is 0.497 e. The van der Waals surface area contributed by atoms with Crippen molar-refractivity contribution in [1.82, 2.24) is 4.90 Å². The van der Waals surface area contributed by atoms with Gasteiger partial charge in [-0.1, -0.05) is 35.9 Å². The second kappa shape index (κ2) is 11.7. The van der Waals surface area contributed by atoms with Crippen LogP contribution in [-0.4, -0.2) is 50.8 Å². The molecule has 0 atom stereocenters. The van der Waals surface area contributed by atoms with Gasteiger partial charge in [-0.2, -0.15) is 0 Å². The number of amides is 1. The lowest BCUT2D eigenvalue weighted by molar-refractivity contribution is -0.117. The molecule has 3 aromatic rings. The second-order valence-electron chi connectivity index (χ2n) is 7.76. The van der Waals surface area contributed by atoms with Crippen LogP contribution in [0.15, 0.2) is 66.7 Å². The van der Waals surface area contributed by atoms with Crippen LogP contribution in [0.5, 0.6) is 23.0 Å². The third kappa shape index (κ3) is 6.63. The number of para-hydroxylation sites is 2. The van der Waals surface area contributed by atoms with Gasteiger partial charge in [0.25, 0.3) is 0 Å². The summed E-state index contributed by atoms with van der Waals surface area (Å²) in [5.41, 5.74) is 1.56. The lowest BCUT2D eigenvalue weighted by atomic mass is 10.2. The smallest absolute Gasteiger partial charge is 0.238 e. The van der Waals surface area contributed by atoms with E-state index in [0.29, 0.717) is 60.9 Å². The summed E-state index contributed by atoms with van der Waals surface area (Å²) in [5.74, 6) is 2.21. The minimum Gasteiger partial charge on any atom is -0.497 e. The van der Waals surface area contributed by atoms with E-state index in [-0.39, 0.29) is 12.5 Å². The molecule has 34 heavy (non-hydrogen) atoms. The molecule has 1 amide bonds. The van der Waals surface area contributed by atoms with Crippen LogP contribution >= 0.6 is 11.6 Å². The van der Waals surface area contributed by atoms with Crippen molar-refractivity contribution in [2.24, 2.45) is 0 Å².